The number of aryl methyl sites for hydroxylation is 2. The lowest BCUT2D eigenvalue weighted by Crippen LogP contribution is -2.46. The molecule has 5 heteroatoms. The largest absolute Gasteiger partial charge is 0.484 e. The van der Waals surface area contributed by atoms with E-state index in [9.17, 15) is 4.79 Å². The van der Waals surface area contributed by atoms with E-state index in [0.717, 1.165) is 55.4 Å². The quantitative estimate of drug-likeness (QED) is 0.849. The van der Waals surface area contributed by atoms with Crippen molar-refractivity contribution in [2.24, 2.45) is 0 Å². The van der Waals surface area contributed by atoms with Crippen molar-refractivity contribution in [2.75, 3.05) is 49.5 Å². The first-order valence-electron chi connectivity index (χ1n) is 9.63. The van der Waals surface area contributed by atoms with E-state index >= 15 is 0 Å². The highest BCUT2D eigenvalue weighted by Gasteiger charge is 2.18. The summed E-state index contributed by atoms with van der Waals surface area (Å²) >= 11 is 0. The van der Waals surface area contributed by atoms with Gasteiger partial charge in [0, 0.05) is 26.2 Å². The SMILES string of the molecule is CCN1CCN(c2ccccc2NC(=O)COc2ccc(C)c(C)c2)CC1. The minimum atomic E-state index is -0.145. The Bertz CT molecular complexity index is 783. The predicted molar refractivity (Wildman–Crippen MR) is 111 cm³/mol. The molecule has 0 saturated carbocycles. The molecular formula is C22H29N3O2. The van der Waals surface area contributed by atoms with Gasteiger partial charge in [0.1, 0.15) is 5.75 Å². The molecule has 2 aromatic carbocycles. The number of hydrogen-bond acceptors (Lipinski definition) is 4. The number of piperazine rings is 1. The maximum Gasteiger partial charge on any atom is 0.262 e. The van der Waals surface area contributed by atoms with Gasteiger partial charge in [-0.05, 0) is 55.8 Å². The molecule has 0 aromatic heterocycles. The van der Waals surface area contributed by atoms with Crippen LogP contribution in [0.25, 0.3) is 0 Å². The van der Waals surface area contributed by atoms with Crippen molar-refractivity contribution in [3.63, 3.8) is 0 Å². The average Bonchev–Trinajstić information content (AvgIpc) is 2.69. The minimum Gasteiger partial charge on any atom is -0.484 e. The smallest absolute Gasteiger partial charge is 0.262 e. The van der Waals surface area contributed by atoms with Crippen molar-refractivity contribution in [3.05, 3.63) is 53.6 Å². The third-order valence-corrected chi connectivity index (χ3v) is 5.19. The van der Waals surface area contributed by atoms with Crippen molar-refractivity contribution < 1.29 is 9.53 Å². The Kier molecular flexibility index (Phi) is 6.35. The zero-order valence-corrected chi connectivity index (χ0v) is 16.5. The van der Waals surface area contributed by atoms with Gasteiger partial charge in [-0.3, -0.25) is 4.79 Å². The number of benzene rings is 2. The number of nitrogens with zero attached hydrogens (tertiary/aromatic N) is 2. The minimum absolute atomic E-state index is 0.000444. The third-order valence-electron chi connectivity index (χ3n) is 5.19. The summed E-state index contributed by atoms with van der Waals surface area (Å²) in [5.41, 5.74) is 4.29. The van der Waals surface area contributed by atoms with Crippen LogP contribution in [0.5, 0.6) is 5.75 Å². The molecule has 3 rings (SSSR count). The third kappa shape index (κ3) is 5.01. The molecule has 144 valence electrons. The fourth-order valence-electron chi connectivity index (χ4n) is 3.30. The molecule has 1 heterocycles. The number of amides is 1. The number of nitrogens with one attached hydrogen (secondary N) is 1. The van der Waals surface area contributed by atoms with Crippen molar-refractivity contribution in [1.29, 1.82) is 0 Å². The fraction of sp³-hybridized carbons (Fsp3) is 0.409. The molecule has 0 unspecified atom stereocenters. The Hall–Kier alpha value is -2.53. The highest BCUT2D eigenvalue weighted by atomic mass is 16.5. The van der Waals surface area contributed by atoms with Crippen LogP contribution in [0.1, 0.15) is 18.1 Å². The molecule has 2 aromatic rings. The van der Waals surface area contributed by atoms with E-state index in [4.69, 9.17) is 4.74 Å². The van der Waals surface area contributed by atoms with Gasteiger partial charge in [0.05, 0.1) is 11.4 Å². The van der Waals surface area contributed by atoms with Gasteiger partial charge in [-0.1, -0.05) is 25.1 Å². The average molecular weight is 367 g/mol. The predicted octanol–water partition coefficient (Wildman–Crippen LogP) is 3.46. The first-order valence-corrected chi connectivity index (χ1v) is 9.63. The number of carbonyl (C=O) groups is 1. The molecular weight excluding hydrogens is 338 g/mol. The summed E-state index contributed by atoms with van der Waals surface area (Å²) in [6, 6.07) is 13.9. The van der Waals surface area contributed by atoms with Crippen molar-refractivity contribution in [1.82, 2.24) is 4.90 Å². The maximum atomic E-state index is 12.4. The second kappa shape index (κ2) is 8.91. The number of carbonyl (C=O) groups excluding carboxylic acids is 1. The molecule has 1 N–H and O–H groups in total. The highest BCUT2D eigenvalue weighted by molar-refractivity contribution is 5.95. The second-order valence-corrected chi connectivity index (χ2v) is 7.02. The van der Waals surface area contributed by atoms with Crippen molar-refractivity contribution in [3.8, 4) is 5.75 Å². The number of ether oxygens (including phenoxy) is 1. The van der Waals surface area contributed by atoms with E-state index in [1.165, 1.54) is 5.56 Å². The van der Waals surface area contributed by atoms with Gasteiger partial charge in [0.15, 0.2) is 6.61 Å². The number of hydrogen-bond donors (Lipinski definition) is 1. The van der Waals surface area contributed by atoms with Gasteiger partial charge >= 0.3 is 0 Å². The van der Waals surface area contributed by atoms with E-state index in [1.54, 1.807) is 0 Å². The number of para-hydroxylation sites is 2. The second-order valence-electron chi connectivity index (χ2n) is 7.02. The fourth-order valence-corrected chi connectivity index (χ4v) is 3.30. The van der Waals surface area contributed by atoms with E-state index in [-0.39, 0.29) is 12.5 Å². The summed E-state index contributed by atoms with van der Waals surface area (Å²) in [6.07, 6.45) is 0. The van der Waals surface area contributed by atoms with Crippen LogP contribution in [0.3, 0.4) is 0 Å². The molecule has 1 amide bonds. The van der Waals surface area contributed by atoms with Crippen LogP contribution < -0.4 is 15.0 Å². The van der Waals surface area contributed by atoms with Crippen molar-refractivity contribution in [2.45, 2.75) is 20.8 Å². The van der Waals surface area contributed by atoms with Crippen LogP contribution in [0.4, 0.5) is 11.4 Å². The van der Waals surface area contributed by atoms with Crippen LogP contribution in [-0.4, -0.2) is 50.1 Å². The Balaban J connectivity index is 1.60. The van der Waals surface area contributed by atoms with Gasteiger partial charge in [-0.25, -0.2) is 0 Å². The van der Waals surface area contributed by atoms with Crippen LogP contribution in [0.2, 0.25) is 0 Å². The van der Waals surface area contributed by atoms with Gasteiger partial charge < -0.3 is 19.9 Å². The molecule has 1 saturated heterocycles. The normalized spacial score (nSPS) is 14.9. The zero-order valence-electron chi connectivity index (χ0n) is 16.5. The van der Waals surface area contributed by atoms with Crippen molar-refractivity contribution >= 4 is 17.3 Å². The topological polar surface area (TPSA) is 44.8 Å². The summed E-state index contributed by atoms with van der Waals surface area (Å²) in [6.45, 7) is 11.4. The molecule has 0 radical (unpaired) electrons. The molecule has 1 aliphatic heterocycles. The standard InChI is InChI=1S/C22H29N3O2/c1-4-24-11-13-25(14-12-24)21-8-6-5-7-20(21)23-22(26)16-27-19-10-9-17(2)18(3)15-19/h5-10,15H,4,11-14,16H2,1-3H3,(H,23,26). The molecule has 5 nitrogen and oxygen atoms in total. The first kappa shape index (κ1) is 19.2. The number of anilines is 2. The van der Waals surface area contributed by atoms with Gasteiger partial charge in [0.2, 0.25) is 0 Å². The summed E-state index contributed by atoms with van der Waals surface area (Å²) in [7, 11) is 0. The Morgan fingerprint density at radius 3 is 2.48 bits per heavy atom. The Morgan fingerprint density at radius 1 is 1.04 bits per heavy atom. The summed E-state index contributed by atoms with van der Waals surface area (Å²) < 4.78 is 5.66. The van der Waals surface area contributed by atoms with E-state index in [1.807, 2.05) is 43.3 Å². The molecule has 0 aliphatic carbocycles. The Labute approximate surface area is 161 Å². The molecule has 0 atom stereocenters. The molecule has 0 spiro atoms. The maximum absolute atomic E-state index is 12.4. The molecule has 0 bridgehead atoms. The number of likely N-dealkylation sites (N-methyl/N-ethyl adjacent to an activating group) is 1. The summed E-state index contributed by atoms with van der Waals surface area (Å²) in [4.78, 5) is 17.2. The summed E-state index contributed by atoms with van der Waals surface area (Å²) in [5, 5.41) is 3.01. The van der Waals surface area contributed by atoms with Crippen LogP contribution in [-0.2, 0) is 4.79 Å². The van der Waals surface area contributed by atoms with Gasteiger partial charge in [-0.2, -0.15) is 0 Å². The van der Waals surface area contributed by atoms with E-state index in [2.05, 4.69) is 35.0 Å². The monoisotopic (exact) mass is 367 g/mol. The molecule has 1 fully saturated rings. The lowest BCUT2D eigenvalue weighted by atomic mass is 10.1. The van der Waals surface area contributed by atoms with Crippen LogP contribution in [0, 0.1) is 13.8 Å². The first-order chi connectivity index (χ1) is 13.1. The summed E-state index contributed by atoms with van der Waals surface area (Å²) in [5.74, 6) is 0.574. The molecule has 1 aliphatic rings. The lowest BCUT2D eigenvalue weighted by molar-refractivity contribution is -0.118. The lowest BCUT2D eigenvalue weighted by Gasteiger charge is -2.36. The van der Waals surface area contributed by atoms with E-state index in [0.29, 0.717) is 0 Å². The van der Waals surface area contributed by atoms with Crippen LogP contribution >= 0.6 is 0 Å². The van der Waals surface area contributed by atoms with E-state index < -0.39 is 0 Å². The van der Waals surface area contributed by atoms with Gasteiger partial charge in [0.25, 0.3) is 5.91 Å². The molecule has 27 heavy (non-hydrogen) atoms. The highest BCUT2D eigenvalue weighted by Crippen LogP contribution is 2.26. The number of rotatable bonds is 6. The van der Waals surface area contributed by atoms with Gasteiger partial charge in [-0.15, -0.1) is 0 Å². The Morgan fingerprint density at radius 2 is 1.78 bits per heavy atom. The van der Waals surface area contributed by atoms with Crippen LogP contribution in [0.15, 0.2) is 42.5 Å². The zero-order chi connectivity index (χ0) is 19.2.